The van der Waals surface area contributed by atoms with Gasteiger partial charge >= 0.3 is 0 Å². The molecule has 0 spiro atoms. The molecule has 3 atom stereocenters. The monoisotopic (exact) mass is 480 g/mol. The van der Waals surface area contributed by atoms with Crippen LogP contribution in [0.15, 0.2) is 83.3 Å². The Balaban J connectivity index is 1.54. The van der Waals surface area contributed by atoms with Crippen LogP contribution in [0.1, 0.15) is 17.2 Å². The van der Waals surface area contributed by atoms with Gasteiger partial charge in [0.2, 0.25) is 5.91 Å². The Labute approximate surface area is 187 Å². The van der Waals surface area contributed by atoms with Gasteiger partial charge in [0.1, 0.15) is 11.7 Å². The predicted molar refractivity (Wildman–Crippen MR) is 116 cm³/mol. The number of hydrogen-bond donors (Lipinski definition) is 0. The first-order chi connectivity index (χ1) is 15.0. The SMILES string of the molecule is O=C1[C@@H]2[C@H](ON(c3ccccc3)[C@@H]2c2ccc(F)c(Br)c2)C(=O)N1Cc1ccccc1. The zero-order valence-electron chi connectivity index (χ0n) is 16.3. The van der Waals surface area contributed by atoms with E-state index >= 15 is 0 Å². The molecule has 0 bridgehead atoms. The van der Waals surface area contributed by atoms with Crippen LogP contribution in [0.4, 0.5) is 10.1 Å². The quantitative estimate of drug-likeness (QED) is 0.510. The molecule has 31 heavy (non-hydrogen) atoms. The number of fused-ring (bicyclic) bond motifs is 1. The Morgan fingerprint density at radius 1 is 0.903 bits per heavy atom. The van der Waals surface area contributed by atoms with E-state index in [1.54, 1.807) is 17.2 Å². The number of carbonyl (C=O) groups is 2. The minimum Gasteiger partial charge on any atom is -0.275 e. The molecular formula is C24H18BrFN2O3. The van der Waals surface area contributed by atoms with Crippen LogP contribution in [0.2, 0.25) is 0 Å². The predicted octanol–water partition coefficient (Wildman–Crippen LogP) is 4.63. The second-order valence-corrected chi connectivity index (χ2v) is 8.43. The van der Waals surface area contributed by atoms with Crippen molar-refractivity contribution in [1.82, 2.24) is 4.90 Å². The highest BCUT2D eigenvalue weighted by Gasteiger charge is 2.59. The van der Waals surface area contributed by atoms with Gasteiger partial charge in [-0.1, -0.05) is 54.6 Å². The molecule has 0 aliphatic carbocycles. The molecule has 2 aliphatic heterocycles. The molecule has 3 aromatic rings. The number of likely N-dealkylation sites (tertiary alicyclic amines) is 1. The molecule has 0 saturated carbocycles. The van der Waals surface area contributed by atoms with Crippen LogP contribution in [-0.2, 0) is 21.0 Å². The van der Waals surface area contributed by atoms with Crippen LogP contribution in [0, 0.1) is 11.7 Å². The summed E-state index contributed by atoms with van der Waals surface area (Å²) in [6.45, 7) is 0.194. The minimum absolute atomic E-state index is 0.194. The summed E-state index contributed by atoms with van der Waals surface area (Å²) in [5, 5.41) is 1.60. The third-order valence-electron chi connectivity index (χ3n) is 5.69. The second kappa shape index (κ2) is 7.90. The van der Waals surface area contributed by atoms with Crippen molar-refractivity contribution in [3.63, 3.8) is 0 Å². The molecule has 5 rings (SSSR count). The van der Waals surface area contributed by atoms with Crippen molar-refractivity contribution in [1.29, 1.82) is 0 Å². The van der Waals surface area contributed by atoms with Crippen LogP contribution in [0.3, 0.4) is 0 Å². The van der Waals surface area contributed by atoms with E-state index in [-0.39, 0.29) is 18.4 Å². The number of hydroxylamine groups is 1. The van der Waals surface area contributed by atoms with Crippen molar-refractivity contribution in [3.05, 3.63) is 100 Å². The normalized spacial score (nSPS) is 22.8. The number of halogens is 2. The first-order valence-electron chi connectivity index (χ1n) is 9.90. The summed E-state index contributed by atoms with van der Waals surface area (Å²) < 4.78 is 14.2. The van der Waals surface area contributed by atoms with Crippen molar-refractivity contribution >= 4 is 33.4 Å². The number of anilines is 1. The third kappa shape index (κ3) is 3.43. The van der Waals surface area contributed by atoms with Crippen LogP contribution in [0.5, 0.6) is 0 Å². The fourth-order valence-corrected chi connectivity index (χ4v) is 4.62. The number of nitrogens with zero attached hydrogens (tertiary/aromatic N) is 2. The largest absolute Gasteiger partial charge is 0.275 e. The second-order valence-electron chi connectivity index (χ2n) is 7.58. The lowest BCUT2D eigenvalue weighted by Gasteiger charge is -2.29. The van der Waals surface area contributed by atoms with Gasteiger partial charge in [-0.3, -0.25) is 19.3 Å². The van der Waals surface area contributed by atoms with Gasteiger partial charge in [0.05, 0.1) is 22.7 Å². The average Bonchev–Trinajstić information content (AvgIpc) is 3.29. The highest BCUT2D eigenvalue weighted by atomic mass is 79.9. The number of para-hydroxylation sites is 1. The number of rotatable bonds is 4. The highest BCUT2D eigenvalue weighted by molar-refractivity contribution is 9.10. The standard InChI is InChI=1S/C24H18BrFN2O3/c25-18-13-16(11-12-19(18)26)21-20-22(31-28(21)17-9-5-2-6-10-17)24(30)27(23(20)29)14-15-7-3-1-4-8-15/h1-13,20-22H,14H2/t20-,21+,22-/m0/s1. The van der Waals surface area contributed by atoms with Gasteiger partial charge in [-0.2, -0.15) is 0 Å². The maximum absolute atomic E-state index is 13.9. The summed E-state index contributed by atoms with van der Waals surface area (Å²) in [6, 6.07) is 22.7. The molecule has 156 valence electrons. The molecular weight excluding hydrogens is 463 g/mol. The van der Waals surface area contributed by atoms with Crippen molar-refractivity contribution in [2.75, 3.05) is 5.06 Å². The molecule has 0 unspecified atom stereocenters. The molecule has 5 nitrogen and oxygen atoms in total. The Morgan fingerprint density at radius 3 is 2.26 bits per heavy atom. The van der Waals surface area contributed by atoms with E-state index < -0.39 is 23.9 Å². The summed E-state index contributed by atoms with van der Waals surface area (Å²) in [5.74, 6) is -1.77. The van der Waals surface area contributed by atoms with Crippen molar-refractivity contribution in [2.24, 2.45) is 5.92 Å². The number of carbonyl (C=O) groups excluding carboxylic acids is 2. The molecule has 2 heterocycles. The lowest BCUT2D eigenvalue weighted by atomic mass is 9.90. The van der Waals surface area contributed by atoms with E-state index in [9.17, 15) is 14.0 Å². The van der Waals surface area contributed by atoms with Gasteiger partial charge in [-0.25, -0.2) is 9.45 Å². The van der Waals surface area contributed by atoms with Crippen molar-refractivity contribution < 1.29 is 18.8 Å². The molecule has 2 amide bonds. The van der Waals surface area contributed by atoms with Gasteiger partial charge < -0.3 is 0 Å². The highest BCUT2D eigenvalue weighted by Crippen LogP contribution is 2.47. The third-order valence-corrected chi connectivity index (χ3v) is 6.29. The smallest absolute Gasteiger partial charge is 0.262 e. The molecule has 2 fully saturated rings. The number of amides is 2. The molecule has 2 saturated heterocycles. The topological polar surface area (TPSA) is 49.9 Å². The van der Waals surface area contributed by atoms with E-state index in [0.29, 0.717) is 10.0 Å². The number of hydrogen-bond acceptors (Lipinski definition) is 4. The lowest BCUT2D eigenvalue weighted by Crippen LogP contribution is -2.36. The maximum Gasteiger partial charge on any atom is 0.262 e. The zero-order chi connectivity index (χ0) is 21.5. The van der Waals surface area contributed by atoms with E-state index in [2.05, 4.69) is 15.9 Å². The summed E-state index contributed by atoms with van der Waals surface area (Å²) in [7, 11) is 0. The van der Waals surface area contributed by atoms with Crippen LogP contribution in [0.25, 0.3) is 0 Å². The molecule has 3 aromatic carbocycles. The van der Waals surface area contributed by atoms with Gasteiger partial charge in [0.15, 0.2) is 6.10 Å². The molecule has 2 aliphatic rings. The van der Waals surface area contributed by atoms with E-state index in [4.69, 9.17) is 4.84 Å². The Bertz CT molecular complexity index is 1140. The maximum atomic E-state index is 13.9. The molecule has 7 heteroatoms. The van der Waals surface area contributed by atoms with E-state index in [1.165, 1.54) is 11.0 Å². The Kier molecular flexibility index (Phi) is 5.08. The van der Waals surface area contributed by atoms with Gasteiger partial charge in [0, 0.05) is 0 Å². The summed E-state index contributed by atoms with van der Waals surface area (Å²) in [5.41, 5.74) is 2.27. The minimum atomic E-state index is -0.926. The number of benzene rings is 3. The first-order valence-corrected chi connectivity index (χ1v) is 10.7. The van der Waals surface area contributed by atoms with Crippen LogP contribution < -0.4 is 5.06 Å². The molecule has 0 radical (unpaired) electrons. The number of imide groups is 1. The molecule has 0 aromatic heterocycles. The summed E-state index contributed by atoms with van der Waals surface area (Å²) in [4.78, 5) is 33.9. The van der Waals surface area contributed by atoms with E-state index in [1.807, 2.05) is 60.7 Å². The van der Waals surface area contributed by atoms with Crippen molar-refractivity contribution in [2.45, 2.75) is 18.7 Å². The average molecular weight is 481 g/mol. The van der Waals surface area contributed by atoms with Crippen LogP contribution in [-0.4, -0.2) is 22.8 Å². The Morgan fingerprint density at radius 2 is 1.58 bits per heavy atom. The van der Waals surface area contributed by atoms with Crippen molar-refractivity contribution in [3.8, 4) is 0 Å². The van der Waals surface area contributed by atoms with Gasteiger partial charge in [-0.15, -0.1) is 0 Å². The van der Waals surface area contributed by atoms with Gasteiger partial charge in [-0.05, 0) is 51.3 Å². The fourth-order valence-electron chi connectivity index (χ4n) is 4.23. The summed E-state index contributed by atoms with van der Waals surface area (Å²) in [6.07, 6.45) is -0.926. The van der Waals surface area contributed by atoms with E-state index in [0.717, 1.165) is 11.3 Å². The fraction of sp³-hybridized carbons (Fsp3) is 0.167. The Hall–Kier alpha value is -3.03. The summed E-state index contributed by atoms with van der Waals surface area (Å²) >= 11 is 3.23. The molecule has 0 N–H and O–H groups in total. The van der Waals surface area contributed by atoms with Crippen LogP contribution >= 0.6 is 15.9 Å². The zero-order valence-corrected chi connectivity index (χ0v) is 17.9. The first kappa shape index (κ1) is 19.9. The lowest BCUT2D eigenvalue weighted by molar-refractivity contribution is -0.143. The van der Waals surface area contributed by atoms with Gasteiger partial charge in [0.25, 0.3) is 5.91 Å².